The van der Waals surface area contributed by atoms with Crippen LogP contribution < -0.4 is 5.32 Å². The number of nitriles is 1. The van der Waals surface area contributed by atoms with Gasteiger partial charge in [-0.2, -0.15) is 10.4 Å². The van der Waals surface area contributed by atoms with Crippen molar-refractivity contribution in [2.75, 3.05) is 5.32 Å². The Kier molecular flexibility index (Phi) is 4.29. The number of aromatic nitrogens is 4. The van der Waals surface area contributed by atoms with Crippen LogP contribution in [0.1, 0.15) is 12.0 Å². The molecule has 0 aliphatic heterocycles. The molecule has 2 heterocycles. The highest BCUT2D eigenvalue weighted by atomic mass is 15.3. The molecule has 3 aromatic rings. The molecule has 6 heteroatoms. The van der Waals surface area contributed by atoms with Crippen LogP contribution in [-0.4, -0.2) is 19.7 Å². The highest BCUT2D eigenvalue weighted by Gasteiger charge is 2.09. The number of anilines is 2. The van der Waals surface area contributed by atoms with E-state index < -0.39 is 0 Å². The molecule has 1 N–H and O–H groups in total. The van der Waals surface area contributed by atoms with Crippen molar-refractivity contribution < 1.29 is 0 Å². The quantitative estimate of drug-likeness (QED) is 0.782. The summed E-state index contributed by atoms with van der Waals surface area (Å²) < 4.78 is 1.75. The molecule has 0 fully saturated rings. The van der Waals surface area contributed by atoms with E-state index in [-0.39, 0.29) is 0 Å². The summed E-state index contributed by atoms with van der Waals surface area (Å²) in [7, 11) is 0. The lowest BCUT2D eigenvalue weighted by Crippen LogP contribution is -1.99. The zero-order valence-corrected chi connectivity index (χ0v) is 12.8. The minimum absolute atomic E-state index is 0.435. The number of nitrogens with one attached hydrogen (secondary N) is 1. The van der Waals surface area contributed by atoms with Gasteiger partial charge in [0.1, 0.15) is 0 Å². The van der Waals surface area contributed by atoms with Gasteiger partial charge >= 0.3 is 0 Å². The molecule has 0 aliphatic carbocycles. The standard InChI is InChI=1S/C17H16N6/c1-13-10-19-17(21-15-6-3-2-4-7-15)22-16(13)14-11-20-23(12-14)9-5-8-18/h2-4,6-7,10-12H,5,9H2,1H3,(H,19,21,22). The lowest BCUT2D eigenvalue weighted by Gasteiger charge is -2.07. The average molecular weight is 304 g/mol. The predicted molar refractivity (Wildman–Crippen MR) is 87.9 cm³/mol. The third kappa shape index (κ3) is 3.52. The highest BCUT2D eigenvalue weighted by Crippen LogP contribution is 2.22. The smallest absolute Gasteiger partial charge is 0.227 e. The van der Waals surface area contributed by atoms with Gasteiger partial charge in [0.05, 0.1) is 30.9 Å². The molecule has 0 amide bonds. The average Bonchev–Trinajstić information content (AvgIpc) is 3.04. The first-order chi connectivity index (χ1) is 11.3. The van der Waals surface area contributed by atoms with Crippen molar-refractivity contribution in [3.05, 3.63) is 54.5 Å². The molecule has 0 saturated carbocycles. The lowest BCUT2D eigenvalue weighted by molar-refractivity contribution is 0.628. The Morgan fingerprint density at radius 2 is 2.04 bits per heavy atom. The predicted octanol–water partition coefficient (Wildman–Crippen LogP) is 3.31. The number of hydrogen-bond donors (Lipinski definition) is 1. The zero-order valence-electron chi connectivity index (χ0n) is 12.8. The van der Waals surface area contributed by atoms with Gasteiger partial charge in [-0.1, -0.05) is 18.2 Å². The number of benzene rings is 1. The third-order valence-corrected chi connectivity index (χ3v) is 3.36. The highest BCUT2D eigenvalue weighted by molar-refractivity contribution is 5.63. The van der Waals surface area contributed by atoms with E-state index in [1.807, 2.05) is 43.5 Å². The lowest BCUT2D eigenvalue weighted by atomic mass is 10.1. The van der Waals surface area contributed by atoms with Crippen LogP contribution in [0.5, 0.6) is 0 Å². The van der Waals surface area contributed by atoms with Gasteiger partial charge in [-0.25, -0.2) is 9.97 Å². The first kappa shape index (κ1) is 14.7. The molecule has 0 atom stereocenters. The summed E-state index contributed by atoms with van der Waals surface area (Å²) >= 11 is 0. The van der Waals surface area contributed by atoms with Crippen molar-refractivity contribution in [1.82, 2.24) is 19.7 Å². The van der Waals surface area contributed by atoms with Gasteiger partial charge in [-0.3, -0.25) is 4.68 Å². The molecule has 3 rings (SSSR count). The van der Waals surface area contributed by atoms with E-state index >= 15 is 0 Å². The Morgan fingerprint density at radius 1 is 1.22 bits per heavy atom. The molecule has 23 heavy (non-hydrogen) atoms. The zero-order chi connectivity index (χ0) is 16.1. The van der Waals surface area contributed by atoms with Crippen LogP contribution in [0.3, 0.4) is 0 Å². The largest absolute Gasteiger partial charge is 0.324 e. The van der Waals surface area contributed by atoms with Crippen molar-refractivity contribution in [2.24, 2.45) is 0 Å². The molecule has 6 nitrogen and oxygen atoms in total. The molecule has 0 aliphatic rings. The maximum atomic E-state index is 8.65. The molecule has 1 aromatic carbocycles. The van der Waals surface area contributed by atoms with Crippen molar-refractivity contribution in [3.63, 3.8) is 0 Å². The third-order valence-electron chi connectivity index (χ3n) is 3.36. The van der Waals surface area contributed by atoms with Crippen molar-refractivity contribution >= 4 is 11.6 Å². The number of hydrogen-bond acceptors (Lipinski definition) is 5. The van der Waals surface area contributed by atoms with Crippen LogP contribution in [0.15, 0.2) is 48.9 Å². The Balaban J connectivity index is 1.86. The fraction of sp³-hybridized carbons (Fsp3) is 0.176. The van der Waals surface area contributed by atoms with Gasteiger partial charge in [0, 0.05) is 23.6 Å². The maximum Gasteiger partial charge on any atom is 0.227 e. The normalized spacial score (nSPS) is 10.3. The Bertz CT molecular complexity index is 832. The Labute approximate surface area is 134 Å². The topological polar surface area (TPSA) is 79.4 Å². The molecule has 0 unspecified atom stereocenters. The van der Waals surface area contributed by atoms with Crippen molar-refractivity contribution in [3.8, 4) is 17.3 Å². The minimum atomic E-state index is 0.435. The first-order valence-electron chi connectivity index (χ1n) is 7.32. The number of para-hydroxylation sites is 1. The second kappa shape index (κ2) is 6.71. The van der Waals surface area contributed by atoms with Crippen LogP contribution in [0.4, 0.5) is 11.6 Å². The summed E-state index contributed by atoms with van der Waals surface area (Å²) in [6.45, 7) is 2.55. The fourth-order valence-electron chi connectivity index (χ4n) is 2.22. The minimum Gasteiger partial charge on any atom is -0.324 e. The van der Waals surface area contributed by atoms with E-state index in [1.165, 1.54) is 0 Å². The summed E-state index contributed by atoms with van der Waals surface area (Å²) in [5.41, 5.74) is 3.66. The summed E-state index contributed by atoms with van der Waals surface area (Å²) in [6, 6.07) is 11.9. The molecule has 0 saturated heterocycles. The van der Waals surface area contributed by atoms with Gasteiger partial charge in [0.15, 0.2) is 0 Å². The number of rotatable bonds is 5. The van der Waals surface area contributed by atoms with Gasteiger partial charge in [-0.05, 0) is 24.6 Å². The number of aryl methyl sites for hydroxylation is 2. The van der Waals surface area contributed by atoms with Crippen molar-refractivity contribution in [2.45, 2.75) is 19.9 Å². The van der Waals surface area contributed by atoms with Crippen molar-refractivity contribution in [1.29, 1.82) is 5.26 Å². The molecule has 0 spiro atoms. The molecule has 0 bridgehead atoms. The Morgan fingerprint density at radius 3 is 2.83 bits per heavy atom. The van der Waals surface area contributed by atoms with Crippen LogP contribution in [-0.2, 0) is 6.54 Å². The van der Waals surface area contributed by atoms with E-state index in [1.54, 1.807) is 17.1 Å². The van der Waals surface area contributed by atoms with E-state index in [4.69, 9.17) is 5.26 Å². The van der Waals surface area contributed by atoms with E-state index in [2.05, 4.69) is 26.5 Å². The van der Waals surface area contributed by atoms with Crippen LogP contribution in [0.2, 0.25) is 0 Å². The summed E-state index contributed by atoms with van der Waals surface area (Å²) in [6.07, 6.45) is 5.89. The van der Waals surface area contributed by atoms with Crippen LogP contribution in [0.25, 0.3) is 11.3 Å². The first-order valence-corrected chi connectivity index (χ1v) is 7.32. The SMILES string of the molecule is Cc1cnc(Nc2ccccc2)nc1-c1cnn(CCC#N)c1. The molecule has 0 radical (unpaired) electrons. The maximum absolute atomic E-state index is 8.65. The van der Waals surface area contributed by atoms with Gasteiger partial charge < -0.3 is 5.32 Å². The fourth-order valence-corrected chi connectivity index (χ4v) is 2.22. The van der Waals surface area contributed by atoms with Gasteiger partial charge in [0.25, 0.3) is 0 Å². The number of nitrogens with zero attached hydrogens (tertiary/aromatic N) is 5. The van der Waals surface area contributed by atoms with Gasteiger partial charge in [0.2, 0.25) is 5.95 Å². The molecular formula is C17H16N6. The molecule has 2 aromatic heterocycles. The van der Waals surface area contributed by atoms with Gasteiger partial charge in [-0.15, -0.1) is 0 Å². The molecule has 114 valence electrons. The van der Waals surface area contributed by atoms with Crippen LogP contribution >= 0.6 is 0 Å². The molecular weight excluding hydrogens is 288 g/mol. The van der Waals surface area contributed by atoms with E-state index in [0.717, 1.165) is 22.5 Å². The monoisotopic (exact) mass is 304 g/mol. The summed E-state index contributed by atoms with van der Waals surface area (Å²) in [5.74, 6) is 0.543. The second-order valence-corrected chi connectivity index (χ2v) is 5.12. The van der Waals surface area contributed by atoms with Crippen LogP contribution in [0, 0.1) is 18.3 Å². The Hall–Kier alpha value is -3.20. The van der Waals surface area contributed by atoms with E-state index in [9.17, 15) is 0 Å². The summed E-state index contributed by atoms with van der Waals surface area (Å²) in [5, 5.41) is 16.1. The van der Waals surface area contributed by atoms with E-state index in [0.29, 0.717) is 18.9 Å². The summed E-state index contributed by atoms with van der Waals surface area (Å²) in [4.78, 5) is 8.91. The second-order valence-electron chi connectivity index (χ2n) is 5.12.